The van der Waals surface area contributed by atoms with Gasteiger partial charge < -0.3 is 10.1 Å². The number of hydrogen-bond donors (Lipinski definition) is 1. The Balaban J connectivity index is 1.74. The minimum Gasteiger partial charge on any atom is -0.462 e. The average Bonchev–Trinajstić information content (AvgIpc) is 2.82. The first-order chi connectivity index (χ1) is 16.9. The van der Waals surface area contributed by atoms with Crippen LogP contribution in [0.2, 0.25) is 5.02 Å². The second-order valence-corrected chi connectivity index (χ2v) is 9.38. The Kier molecular flexibility index (Phi) is 8.26. The SMILES string of the molecule is CC(CC(c1ccc(Cl)cc1)c1cccc(C#N)c1)NC(=O)C(C)(C)Oc1ccc(C(F)(F)F)cn1. The van der Waals surface area contributed by atoms with Gasteiger partial charge in [-0.1, -0.05) is 35.9 Å². The number of pyridine rings is 1. The summed E-state index contributed by atoms with van der Waals surface area (Å²) in [6, 6.07) is 18.4. The Morgan fingerprint density at radius 2 is 1.81 bits per heavy atom. The molecule has 5 nitrogen and oxygen atoms in total. The van der Waals surface area contributed by atoms with Gasteiger partial charge in [0.15, 0.2) is 5.60 Å². The molecule has 3 aromatic rings. The van der Waals surface area contributed by atoms with Crippen LogP contribution in [0.4, 0.5) is 13.2 Å². The highest BCUT2D eigenvalue weighted by atomic mass is 35.5. The van der Waals surface area contributed by atoms with Crippen LogP contribution in [-0.4, -0.2) is 22.5 Å². The number of hydrogen-bond acceptors (Lipinski definition) is 4. The van der Waals surface area contributed by atoms with Gasteiger partial charge in [-0.15, -0.1) is 0 Å². The molecular weight excluding hydrogens is 491 g/mol. The van der Waals surface area contributed by atoms with Crippen molar-refractivity contribution in [2.75, 3.05) is 0 Å². The standard InChI is InChI=1S/C27H25ClF3N3O2/c1-17(34-25(35)26(2,3)36-24-12-9-21(16-33-24)27(29,30)31)13-23(19-7-10-22(28)11-8-19)20-6-4-5-18(14-20)15-32/h4-12,14,16-17,23H,13H2,1-3H3,(H,34,35). The highest BCUT2D eigenvalue weighted by molar-refractivity contribution is 6.30. The van der Waals surface area contributed by atoms with Crippen LogP contribution in [0.25, 0.3) is 0 Å². The number of alkyl halides is 3. The molecule has 0 spiro atoms. The van der Waals surface area contributed by atoms with Gasteiger partial charge in [-0.05, 0) is 68.7 Å². The van der Waals surface area contributed by atoms with E-state index in [9.17, 15) is 23.2 Å². The molecule has 2 atom stereocenters. The number of nitrogens with one attached hydrogen (secondary N) is 1. The number of nitrogens with zero attached hydrogens (tertiary/aromatic N) is 2. The molecule has 0 aliphatic heterocycles. The van der Waals surface area contributed by atoms with E-state index in [0.29, 0.717) is 23.2 Å². The molecule has 36 heavy (non-hydrogen) atoms. The van der Waals surface area contributed by atoms with E-state index in [-0.39, 0.29) is 17.8 Å². The molecule has 188 valence electrons. The molecule has 1 heterocycles. The minimum absolute atomic E-state index is 0.0943. The molecule has 0 fully saturated rings. The van der Waals surface area contributed by atoms with Crippen LogP contribution in [0.3, 0.4) is 0 Å². The molecular formula is C27H25ClF3N3O2. The molecule has 0 saturated carbocycles. The lowest BCUT2D eigenvalue weighted by molar-refractivity contribution is -0.138. The third kappa shape index (κ3) is 6.98. The van der Waals surface area contributed by atoms with Gasteiger partial charge in [0.2, 0.25) is 5.88 Å². The second kappa shape index (κ2) is 11.0. The highest BCUT2D eigenvalue weighted by Gasteiger charge is 2.34. The third-order valence-electron chi connectivity index (χ3n) is 5.63. The molecule has 1 N–H and O–H groups in total. The Labute approximate surface area is 212 Å². The normalized spacial score (nSPS) is 13.4. The highest BCUT2D eigenvalue weighted by Crippen LogP contribution is 2.32. The topological polar surface area (TPSA) is 75.0 Å². The zero-order valence-electron chi connectivity index (χ0n) is 19.9. The molecule has 0 aliphatic carbocycles. The lowest BCUT2D eigenvalue weighted by Gasteiger charge is -2.28. The van der Waals surface area contributed by atoms with Crippen molar-refractivity contribution in [1.29, 1.82) is 5.26 Å². The number of aromatic nitrogens is 1. The summed E-state index contributed by atoms with van der Waals surface area (Å²) in [5, 5.41) is 12.8. The quantitative estimate of drug-likeness (QED) is 0.371. The number of nitriles is 1. The Morgan fingerprint density at radius 3 is 2.39 bits per heavy atom. The van der Waals surface area contributed by atoms with E-state index in [2.05, 4.69) is 16.4 Å². The number of ether oxygens (including phenoxy) is 1. The molecule has 2 aromatic carbocycles. The lowest BCUT2D eigenvalue weighted by atomic mass is 9.85. The third-order valence-corrected chi connectivity index (χ3v) is 5.88. The largest absolute Gasteiger partial charge is 0.462 e. The summed E-state index contributed by atoms with van der Waals surface area (Å²) in [6.45, 7) is 4.88. The van der Waals surface area contributed by atoms with E-state index < -0.39 is 23.2 Å². The van der Waals surface area contributed by atoms with Crippen molar-refractivity contribution in [2.45, 2.75) is 50.9 Å². The minimum atomic E-state index is -4.51. The van der Waals surface area contributed by atoms with Crippen LogP contribution in [0.15, 0.2) is 66.9 Å². The maximum Gasteiger partial charge on any atom is 0.417 e. The second-order valence-electron chi connectivity index (χ2n) is 8.95. The van der Waals surface area contributed by atoms with E-state index in [1.54, 1.807) is 18.2 Å². The van der Waals surface area contributed by atoms with Gasteiger partial charge >= 0.3 is 6.18 Å². The fraction of sp³-hybridized carbons (Fsp3) is 0.296. The molecule has 0 bridgehead atoms. The number of amides is 1. The smallest absolute Gasteiger partial charge is 0.417 e. The van der Waals surface area contributed by atoms with Crippen molar-refractivity contribution in [3.8, 4) is 11.9 Å². The summed E-state index contributed by atoms with van der Waals surface area (Å²) in [7, 11) is 0. The van der Waals surface area contributed by atoms with Crippen molar-refractivity contribution in [3.05, 3.63) is 94.1 Å². The number of carbonyl (C=O) groups excluding carboxylic acids is 1. The van der Waals surface area contributed by atoms with E-state index in [1.165, 1.54) is 13.8 Å². The maximum atomic E-state index is 13.0. The number of benzene rings is 2. The molecule has 0 radical (unpaired) electrons. The van der Waals surface area contributed by atoms with Crippen molar-refractivity contribution in [1.82, 2.24) is 10.3 Å². The van der Waals surface area contributed by atoms with Crippen molar-refractivity contribution >= 4 is 17.5 Å². The first-order valence-electron chi connectivity index (χ1n) is 11.2. The number of rotatable bonds is 8. The molecule has 3 rings (SSSR count). The van der Waals surface area contributed by atoms with Crippen LogP contribution in [-0.2, 0) is 11.0 Å². The van der Waals surface area contributed by atoms with Gasteiger partial charge in [-0.25, -0.2) is 4.98 Å². The molecule has 2 unspecified atom stereocenters. The predicted octanol–water partition coefficient (Wildman–Crippen LogP) is 6.51. The van der Waals surface area contributed by atoms with Crippen LogP contribution < -0.4 is 10.1 Å². The van der Waals surface area contributed by atoms with Crippen molar-refractivity contribution in [2.24, 2.45) is 0 Å². The number of carbonyl (C=O) groups is 1. The van der Waals surface area contributed by atoms with Gasteiger partial charge in [-0.2, -0.15) is 18.4 Å². The summed E-state index contributed by atoms with van der Waals surface area (Å²) in [4.78, 5) is 16.7. The first kappa shape index (κ1) is 27.0. The summed E-state index contributed by atoms with van der Waals surface area (Å²) in [5.41, 5.74) is 0.125. The van der Waals surface area contributed by atoms with Crippen LogP contribution >= 0.6 is 11.6 Å². The lowest BCUT2D eigenvalue weighted by Crippen LogP contribution is -2.49. The van der Waals surface area contributed by atoms with Crippen molar-refractivity contribution < 1.29 is 22.7 Å². The van der Waals surface area contributed by atoms with Crippen LogP contribution in [0, 0.1) is 11.3 Å². The maximum absolute atomic E-state index is 13.0. The van der Waals surface area contributed by atoms with Gasteiger partial charge in [0.05, 0.1) is 17.2 Å². The number of halogens is 4. The Bertz CT molecular complexity index is 1240. The summed E-state index contributed by atoms with van der Waals surface area (Å²) in [5.74, 6) is -0.674. The van der Waals surface area contributed by atoms with Gasteiger partial charge in [-0.3, -0.25) is 4.79 Å². The van der Waals surface area contributed by atoms with Crippen LogP contribution in [0.5, 0.6) is 5.88 Å². The van der Waals surface area contributed by atoms with E-state index >= 15 is 0 Å². The fourth-order valence-corrected chi connectivity index (χ4v) is 3.84. The van der Waals surface area contributed by atoms with Crippen molar-refractivity contribution in [3.63, 3.8) is 0 Å². The zero-order chi connectivity index (χ0) is 26.5. The van der Waals surface area contributed by atoms with E-state index in [1.807, 2.05) is 37.3 Å². The van der Waals surface area contributed by atoms with Crippen LogP contribution in [0.1, 0.15) is 55.4 Å². The predicted molar refractivity (Wildman–Crippen MR) is 131 cm³/mol. The van der Waals surface area contributed by atoms with E-state index in [0.717, 1.165) is 23.3 Å². The first-order valence-corrected chi connectivity index (χ1v) is 11.6. The van der Waals surface area contributed by atoms with Gasteiger partial charge in [0, 0.05) is 29.2 Å². The Morgan fingerprint density at radius 1 is 1.11 bits per heavy atom. The van der Waals surface area contributed by atoms with Gasteiger partial charge in [0.25, 0.3) is 5.91 Å². The molecule has 1 aromatic heterocycles. The average molecular weight is 516 g/mol. The molecule has 1 amide bonds. The van der Waals surface area contributed by atoms with Gasteiger partial charge in [0.1, 0.15) is 0 Å². The molecule has 0 aliphatic rings. The fourth-order valence-electron chi connectivity index (χ4n) is 3.71. The molecule has 9 heteroatoms. The summed E-state index contributed by atoms with van der Waals surface area (Å²) >= 11 is 6.06. The summed E-state index contributed by atoms with van der Waals surface area (Å²) < 4.78 is 43.9. The Hall–Kier alpha value is -3.57. The molecule has 0 saturated heterocycles. The van der Waals surface area contributed by atoms with E-state index in [4.69, 9.17) is 16.3 Å². The summed E-state index contributed by atoms with van der Waals surface area (Å²) in [6.07, 6.45) is -3.34. The zero-order valence-corrected chi connectivity index (χ0v) is 20.7. The monoisotopic (exact) mass is 515 g/mol.